The number of benzene rings is 1. The topological polar surface area (TPSA) is 56.0 Å². The van der Waals surface area contributed by atoms with E-state index in [9.17, 15) is 4.21 Å². The second-order valence-corrected chi connectivity index (χ2v) is 5.72. The quantitative estimate of drug-likeness (QED) is 0.863. The molecule has 0 spiro atoms. The largest absolute Gasteiger partial charge is 0.398 e. The fourth-order valence-corrected chi connectivity index (χ4v) is 2.89. The summed E-state index contributed by atoms with van der Waals surface area (Å²) in [5, 5.41) is 0. The lowest BCUT2D eigenvalue weighted by atomic mass is 10.2. The smallest absolute Gasteiger partial charge is 0.0706 e. The first-order valence-electron chi connectivity index (χ1n) is 5.73. The van der Waals surface area contributed by atoms with E-state index in [1.165, 1.54) is 0 Å². The number of aromatic nitrogens is 1. The predicted octanol–water partition coefficient (Wildman–Crippen LogP) is 2.59. The molecule has 2 rings (SSSR count). The summed E-state index contributed by atoms with van der Waals surface area (Å²) in [5.74, 6) is 0.398. The number of nitrogens with two attached hydrogens (primary N) is 1. The van der Waals surface area contributed by atoms with E-state index in [0.29, 0.717) is 16.3 Å². The van der Waals surface area contributed by atoms with E-state index < -0.39 is 10.8 Å². The monoisotopic (exact) mass is 260 g/mol. The minimum absolute atomic E-state index is 0.398. The zero-order valence-electron chi connectivity index (χ0n) is 10.5. The van der Waals surface area contributed by atoms with Gasteiger partial charge >= 0.3 is 0 Å². The summed E-state index contributed by atoms with van der Waals surface area (Å²) in [6.45, 7) is 3.89. The summed E-state index contributed by atoms with van der Waals surface area (Å²) in [4.78, 5) is 5.04. The number of aryl methyl sites for hydroxylation is 2. The van der Waals surface area contributed by atoms with E-state index in [4.69, 9.17) is 5.73 Å². The third-order valence-corrected chi connectivity index (χ3v) is 4.06. The molecule has 1 aromatic carbocycles. The highest BCUT2D eigenvalue weighted by molar-refractivity contribution is 7.84. The van der Waals surface area contributed by atoms with Gasteiger partial charge in [-0.05, 0) is 43.7 Å². The second-order valence-electron chi connectivity index (χ2n) is 4.30. The van der Waals surface area contributed by atoms with Crippen LogP contribution in [0.3, 0.4) is 0 Å². The van der Waals surface area contributed by atoms with Gasteiger partial charge in [0.15, 0.2) is 0 Å². The highest BCUT2D eigenvalue weighted by Gasteiger charge is 2.09. The minimum atomic E-state index is -1.15. The molecular weight excluding hydrogens is 244 g/mol. The van der Waals surface area contributed by atoms with E-state index in [1.807, 2.05) is 50.2 Å². The predicted molar refractivity (Wildman–Crippen MR) is 74.7 cm³/mol. The normalized spacial score (nSPS) is 12.3. The van der Waals surface area contributed by atoms with Crippen molar-refractivity contribution >= 4 is 16.5 Å². The molecule has 0 bridgehead atoms. The lowest BCUT2D eigenvalue weighted by Crippen LogP contribution is -2.03. The van der Waals surface area contributed by atoms with Gasteiger partial charge in [0, 0.05) is 11.4 Å². The van der Waals surface area contributed by atoms with Crippen molar-refractivity contribution in [1.82, 2.24) is 4.98 Å². The van der Waals surface area contributed by atoms with Crippen LogP contribution < -0.4 is 5.73 Å². The third kappa shape index (κ3) is 2.96. The summed E-state index contributed by atoms with van der Waals surface area (Å²) in [6.07, 6.45) is 0. The maximum Gasteiger partial charge on any atom is 0.0706 e. The molecule has 1 heterocycles. The van der Waals surface area contributed by atoms with Crippen molar-refractivity contribution in [2.75, 3.05) is 5.73 Å². The Balaban J connectivity index is 2.22. The Hall–Kier alpha value is -1.68. The molecule has 2 N–H and O–H groups in total. The Morgan fingerprint density at radius 1 is 1.22 bits per heavy atom. The SMILES string of the molecule is Cc1ccc(S(=O)Cc2cccc(C)n2)c(N)c1. The summed E-state index contributed by atoms with van der Waals surface area (Å²) in [7, 11) is -1.15. The molecule has 0 aliphatic carbocycles. The average Bonchev–Trinajstić information content (AvgIpc) is 2.28. The zero-order chi connectivity index (χ0) is 13.1. The average molecular weight is 260 g/mol. The summed E-state index contributed by atoms with van der Waals surface area (Å²) in [6, 6.07) is 11.3. The molecule has 0 amide bonds. The van der Waals surface area contributed by atoms with Gasteiger partial charge in [0.25, 0.3) is 0 Å². The molecule has 0 aliphatic rings. The van der Waals surface area contributed by atoms with Gasteiger partial charge in [-0.3, -0.25) is 9.19 Å². The van der Waals surface area contributed by atoms with Crippen LogP contribution in [0, 0.1) is 13.8 Å². The molecule has 0 saturated carbocycles. The fourth-order valence-electron chi connectivity index (χ4n) is 1.77. The molecule has 94 valence electrons. The fraction of sp³-hybridized carbons (Fsp3) is 0.214. The molecule has 3 nitrogen and oxygen atoms in total. The second kappa shape index (κ2) is 5.31. The van der Waals surface area contributed by atoms with Gasteiger partial charge in [-0.25, -0.2) is 0 Å². The molecule has 1 unspecified atom stereocenters. The summed E-state index contributed by atoms with van der Waals surface area (Å²) >= 11 is 0. The molecule has 2 aromatic rings. The first kappa shape index (κ1) is 12.8. The van der Waals surface area contributed by atoms with Gasteiger partial charge in [0.1, 0.15) is 0 Å². The number of hydrogen-bond donors (Lipinski definition) is 1. The molecule has 0 radical (unpaired) electrons. The van der Waals surface area contributed by atoms with E-state index >= 15 is 0 Å². The van der Waals surface area contributed by atoms with E-state index in [1.54, 1.807) is 0 Å². The van der Waals surface area contributed by atoms with Gasteiger partial charge in [-0.1, -0.05) is 12.1 Å². The Morgan fingerprint density at radius 2 is 2.00 bits per heavy atom. The van der Waals surface area contributed by atoms with E-state index in [2.05, 4.69) is 4.98 Å². The van der Waals surface area contributed by atoms with Crippen LogP contribution in [0.4, 0.5) is 5.69 Å². The maximum atomic E-state index is 12.2. The number of pyridine rings is 1. The van der Waals surface area contributed by atoms with Crippen LogP contribution in [-0.2, 0) is 16.6 Å². The molecule has 18 heavy (non-hydrogen) atoms. The Bertz CT molecular complexity index is 596. The first-order chi connectivity index (χ1) is 8.56. The van der Waals surface area contributed by atoms with Crippen LogP contribution >= 0.6 is 0 Å². The van der Waals surface area contributed by atoms with Crippen LogP contribution in [0.5, 0.6) is 0 Å². The highest BCUT2D eigenvalue weighted by atomic mass is 32.2. The van der Waals surface area contributed by atoms with Gasteiger partial charge in [0.05, 0.1) is 27.1 Å². The van der Waals surface area contributed by atoms with Crippen molar-refractivity contribution in [1.29, 1.82) is 0 Å². The molecule has 4 heteroatoms. The van der Waals surface area contributed by atoms with Crippen LogP contribution in [0.2, 0.25) is 0 Å². The molecule has 1 aromatic heterocycles. The lowest BCUT2D eigenvalue weighted by molar-refractivity contribution is 0.682. The van der Waals surface area contributed by atoms with Crippen LogP contribution in [-0.4, -0.2) is 9.19 Å². The van der Waals surface area contributed by atoms with Gasteiger partial charge in [-0.15, -0.1) is 0 Å². The Labute approximate surface area is 110 Å². The number of hydrogen-bond acceptors (Lipinski definition) is 3. The number of rotatable bonds is 3. The van der Waals surface area contributed by atoms with Crippen LogP contribution in [0.25, 0.3) is 0 Å². The lowest BCUT2D eigenvalue weighted by Gasteiger charge is -2.07. The van der Waals surface area contributed by atoms with Crippen LogP contribution in [0.15, 0.2) is 41.3 Å². The summed E-state index contributed by atoms with van der Waals surface area (Å²) < 4.78 is 12.2. The summed E-state index contributed by atoms with van der Waals surface area (Å²) in [5.41, 5.74) is 9.31. The van der Waals surface area contributed by atoms with Crippen molar-refractivity contribution in [3.05, 3.63) is 53.3 Å². The highest BCUT2D eigenvalue weighted by Crippen LogP contribution is 2.20. The molecule has 1 atom stereocenters. The molecule has 0 fully saturated rings. The van der Waals surface area contributed by atoms with Crippen molar-refractivity contribution < 1.29 is 4.21 Å². The zero-order valence-corrected chi connectivity index (χ0v) is 11.3. The van der Waals surface area contributed by atoms with Crippen LogP contribution in [0.1, 0.15) is 17.0 Å². The number of nitrogen functional groups attached to an aromatic ring is 1. The maximum absolute atomic E-state index is 12.2. The Kier molecular flexibility index (Phi) is 3.77. The standard InChI is InChI=1S/C14H16N2OS/c1-10-6-7-14(13(15)8-10)18(17)9-12-5-3-4-11(2)16-12/h3-8H,9,15H2,1-2H3. The molecule has 0 saturated heterocycles. The minimum Gasteiger partial charge on any atom is -0.398 e. The van der Waals surface area contributed by atoms with E-state index in [0.717, 1.165) is 17.0 Å². The number of anilines is 1. The van der Waals surface area contributed by atoms with Crippen molar-refractivity contribution in [3.63, 3.8) is 0 Å². The van der Waals surface area contributed by atoms with Gasteiger partial charge < -0.3 is 5.73 Å². The molecule has 0 aliphatic heterocycles. The van der Waals surface area contributed by atoms with Gasteiger partial charge in [0.2, 0.25) is 0 Å². The molecular formula is C14H16N2OS. The Morgan fingerprint density at radius 3 is 2.67 bits per heavy atom. The van der Waals surface area contributed by atoms with Crippen molar-refractivity contribution in [2.24, 2.45) is 0 Å². The van der Waals surface area contributed by atoms with Gasteiger partial charge in [-0.2, -0.15) is 0 Å². The van der Waals surface area contributed by atoms with E-state index in [-0.39, 0.29) is 0 Å². The first-order valence-corrected chi connectivity index (χ1v) is 7.05. The third-order valence-electron chi connectivity index (χ3n) is 2.64. The van der Waals surface area contributed by atoms with Crippen molar-refractivity contribution in [2.45, 2.75) is 24.5 Å². The number of nitrogens with zero attached hydrogens (tertiary/aromatic N) is 1. The van der Waals surface area contributed by atoms with Crippen molar-refractivity contribution in [3.8, 4) is 0 Å².